The fourth-order valence-electron chi connectivity index (χ4n) is 1.81. The minimum atomic E-state index is -0.230. The number of amides is 2. The van der Waals surface area contributed by atoms with Crippen molar-refractivity contribution in [3.8, 4) is 5.75 Å². The molecule has 1 aromatic rings. The summed E-state index contributed by atoms with van der Waals surface area (Å²) in [6.45, 7) is 7.06. The van der Waals surface area contributed by atoms with E-state index < -0.39 is 0 Å². The second-order valence-corrected chi connectivity index (χ2v) is 6.25. The molecule has 0 aliphatic rings. The van der Waals surface area contributed by atoms with Crippen LogP contribution in [0.15, 0.2) is 24.3 Å². The topological polar surface area (TPSA) is 78.4 Å². The summed E-state index contributed by atoms with van der Waals surface area (Å²) in [7, 11) is 0. The summed E-state index contributed by atoms with van der Waals surface area (Å²) in [5.74, 6) is -0.134. The van der Waals surface area contributed by atoms with Crippen molar-refractivity contribution in [2.75, 3.05) is 13.1 Å². The summed E-state index contributed by atoms with van der Waals surface area (Å²) < 4.78 is 0. The number of aromatic hydroxyl groups is 1. The second-order valence-electron chi connectivity index (χ2n) is 6.25. The normalized spacial score (nSPS) is 11.0. The molecule has 0 bridgehead atoms. The van der Waals surface area contributed by atoms with Crippen LogP contribution in [0.3, 0.4) is 0 Å². The van der Waals surface area contributed by atoms with Crippen LogP contribution >= 0.6 is 0 Å². The zero-order valence-electron chi connectivity index (χ0n) is 12.9. The largest absolute Gasteiger partial charge is 0.508 e. The van der Waals surface area contributed by atoms with Crippen LogP contribution in [0.4, 0.5) is 0 Å². The van der Waals surface area contributed by atoms with E-state index in [1.54, 1.807) is 12.1 Å². The predicted octanol–water partition coefficient (Wildman–Crippen LogP) is 2.06. The highest BCUT2D eigenvalue weighted by Gasteiger charge is 2.15. The van der Waals surface area contributed by atoms with Crippen molar-refractivity contribution >= 4 is 11.8 Å². The predicted molar refractivity (Wildman–Crippen MR) is 82.1 cm³/mol. The Morgan fingerprint density at radius 2 is 1.81 bits per heavy atom. The summed E-state index contributed by atoms with van der Waals surface area (Å²) >= 11 is 0. The van der Waals surface area contributed by atoms with Crippen molar-refractivity contribution in [3.63, 3.8) is 0 Å². The lowest BCUT2D eigenvalue weighted by atomic mass is 9.92. The number of benzene rings is 1. The van der Waals surface area contributed by atoms with E-state index in [1.807, 2.05) is 20.8 Å². The number of hydrogen-bond donors (Lipinski definition) is 3. The molecule has 1 aromatic carbocycles. The molecule has 0 aromatic heterocycles. The Morgan fingerprint density at radius 1 is 1.14 bits per heavy atom. The average molecular weight is 292 g/mol. The van der Waals surface area contributed by atoms with Gasteiger partial charge < -0.3 is 15.7 Å². The van der Waals surface area contributed by atoms with Gasteiger partial charge in [-0.3, -0.25) is 9.59 Å². The van der Waals surface area contributed by atoms with Gasteiger partial charge in [0, 0.05) is 25.1 Å². The van der Waals surface area contributed by atoms with Gasteiger partial charge in [0.15, 0.2) is 0 Å². The van der Waals surface area contributed by atoms with Crippen molar-refractivity contribution in [2.45, 2.75) is 33.6 Å². The van der Waals surface area contributed by atoms with Crippen LogP contribution < -0.4 is 10.6 Å². The number of carbonyl (C=O) groups excluding carboxylic acids is 2. The van der Waals surface area contributed by atoms with Crippen molar-refractivity contribution < 1.29 is 14.7 Å². The van der Waals surface area contributed by atoms with E-state index in [2.05, 4.69) is 10.6 Å². The summed E-state index contributed by atoms with van der Waals surface area (Å²) in [6.07, 6.45) is 1.16. The highest BCUT2D eigenvalue weighted by molar-refractivity contribution is 5.94. The molecular formula is C16H24N2O3. The molecule has 0 unspecified atom stereocenters. The molecule has 0 aliphatic carbocycles. The van der Waals surface area contributed by atoms with Gasteiger partial charge in [-0.2, -0.15) is 0 Å². The first-order valence-corrected chi connectivity index (χ1v) is 7.12. The molecule has 0 saturated carbocycles. The molecule has 0 radical (unpaired) electrons. The number of phenolic OH excluding ortho intramolecular Hbond substituents is 1. The average Bonchev–Trinajstić information content (AvgIpc) is 2.36. The Kier molecular flexibility index (Phi) is 6.21. The molecule has 116 valence electrons. The van der Waals surface area contributed by atoms with Crippen LogP contribution in [0.25, 0.3) is 0 Å². The van der Waals surface area contributed by atoms with E-state index in [-0.39, 0.29) is 23.0 Å². The maximum absolute atomic E-state index is 11.8. The van der Waals surface area contributed by atoms with E-state index in [9.17, 15) is 14.7 Å². The third kappa shape index (κ3) is 7.34. The van der Waals surface area contributed by atoms with Gasteiger partial charge in [-0.25, -0.2) is 0 Å². The molecule has 0 heterocycles. The van der Waals surface area contributed by atoms with Gasteiger partial charge in [0.25, 0.3) is 5.91 Å². The minimum absolute atomic E-state index is 0.0202. The molecule has 1 rings (SSSR count). The smallest absolute Gasteiger partial charge is 0.251 e. The van der Waals surface area contributed by atoms with E-state index in [1.165, 1.54) is 12.1 Å². The molecule has 0 atom stereocenters. The van der Waals surface area contributed by atoms with Crippen LogP contribution in [0.5, 0.6) is 5.75 Å². The molecule has 5 heteroatoms. The van der Waals surface area contributed by atoms with Gasteiger partial charge in [0.1, 0.15) is 5.75 Å². The maximum atomic E-state index is 11.8. The fraction of sp³-hybridized carbons (Fsp3) is 0.500. The number of nitrogens with one attached hydrogen (secondary N) is 2. The van der Waals surface area contributed by atoms with Gasteiger partial charge >= 0.3 is 0 Å². The van der Waals surface area contributed by atoms with Crippen LogP contribution in [0.2, 0.25) is 0 Å². The Bertz CT molecular complexity index is 493. The zero-order valence-corrected chi connectivity index (χ0v) is 12.9. The molecule has 0 fully saturated rings. The monoisotopic (exact) mass is 292 g/mol. The van der Waals surface area contributed by atoms with E-state index >= 15 is 0 Å². The zero-order chi connectivity index (χ0) is 15.9. The SMILES string of the molecule is CC(C)(C)CC(=O)NCCCNC(=O)c1cccc(O)c1. The summed E-state index contributed by atoms with van der Waals surface area (Å²) in [6, 6.07) is 6.19. The molecule has 2 amide bonds. The van der Waals surface area contributed by atoms with Crippen molar-refractivity contribution in [2.24, 2.45) is 5.41 Å². The van der Waals surface area contributed by atoms with E-state index in [0.717, 1.165) is 0 Å². The van der Waals surface area contributed by atoms with Gasteiger partial charge in [-0.1, -0.05) is 26.8 Å². The Balaban J connectivity index is 2.20. The Hall–Kier alpha value is -2.04. The maximum Gasteiger partial charge on any atom is 0.251 e. The first-order valence-electron chi connectivity index (χ1n) is 7.12. The van der Waals surface area contributed by atoms with E-state index in [4.69, 9.17) is 0 Å². The Labute approximate surface area is 125 Å². The fourth-order valence-corrected chi connectivity index (χ4v) is 1.81. The third-order valence-corrected chi connectivity index (χ3v) is 2.76. The van der Waals surface area contributed by atoms with Crippen molar-refractivity contribution in [1.29, 1.82) is 0 Å². The van der Waals surface area contributed by atoms with Crippen molar-refractivity contribution in [1.82, 2.24) is 10.6 Å². The van der Waals surface area contributed by atoms with Gasteiger partial charge in [0.05, 0.1) is 0 Å². The number of carbonyl (C=O) groups is 2. The van der Waals surface area contributed by atoms with Crippen LogP contribution in [-0.4, -0.2) is 30.0 Å². The second kappa shape index (κ2) is 7.67. The first kappa shape index (κ1) is 17.0. The van der Waals surface area contributed by atoms with Gasteiger partial charge in [-0.15, -0.1) is 0 Å². The van der Waals surface area contributed by atoms with Crippen LogP contribution in [0, 0.1) is 5.41 Å². The lowest BCUT2D eigenvalue weighted by Gasteiger charge is -2.17. The van der Waals surface area contributed by atoms with E-state index in [0.29, 0.717) is 31.5 Å². The first-order chi connectivity index (χ1) is 9.78. The highest BCUT2D eigenvalue weighted by Crippen LogP contribution is 2.17. The number of rotatable bonds is 6. The summed E-state index contributed by atoms with van der Waals surface area (Å²) in [4.78, 5) is 23.4. The van der Waals surface area contributed by atoms with Gasteiger partial charge in [-0.05, 0) is 30.0 Å². The molecule has 0 aliphatic heterocycles. The summed E-state index contributed by atoms with van der Waals surface area (Å²) in [5, 5.41) is 14.9. The highest BCUT2D eigenvalue weighted by atomic mass is 16.3. The third-order valence-electron chi connectivity index (χ3n) is 2.76. The molecular weight excluding hydrogens is 268 g/mol. The number of hydrogen-bond acceptors (Lipinski definition) is 3. The minimum Gasteiger partial charge on any atom is -0.508 e. The molecule has 3 N–H and O–H groups in total. The van der Waals surface area contributed by atoms with Crippen LogP contribution in [0.1, 0.15) is 44.0 Å². The van der Waals surface area contributed by atoms with Gasteiger partial charge in [0.2, 0.25) is 5.91 Å². The molecule has 21 heavy (non-hydrogen) atoms. The quantitative estimate of drug-likeness (QED) is 0.702. The molecule has 5 nitrogen and oxygen atoms in total. The number of phenols is 1. The molecule has 0 spiro atoms. The van der Waals surface area contributed by atoms with Crippen LogP contribution in [-0.2, 0) is 4.79 Å². The Morgan fingerprint density at radius 3 is 2.43 bits per heavy atom. The molecule has 0 saturated heterocycles. The van der Waals surface area contributed by atoms with Crippen molar-refractivity contribution in [3.05, 3.63) is 29.8 Å². The standard InChI is InChI=1S/C16H24N2O3/c1-16(2,3)11-14(20)17-8-5-9-18-15(21)12-6-4-7-13(19)10-12/h4,6-7,10,19H,5,8-9,11H2,1-3H3,(H,17,20)(H,18,21). The summed E-state index contributed by atoms with van der Waals surface area (Å²) in [5.41, 5.74) is 0.403. The lowest BCUT2D eigenvalue weighted by molar-refractivity contribution is -0.122. The lowest BCUT2D eigenvalue weighted by Crippen LogP contribution is -2.31.